The Labute approximate surface area is 113 Å². The van der Waals surface area contributed by atoms with Gasteiger partial charge in [0.15, 0.2) is 0 Å². The topological polar surface area (TPSA) is 50.2 Å². The van der Waals surface area contributed by atoms with Crippen molar-refractivity contribution in [2.24, 2.45) is 5.92 Å². The molecule has 1 heterocycles. The monoisotopic (exact) mass is 287 g/mol. The average Bonchev–Trinajstić information content (AvgIpc) is 2.67. The molecule has 0 bridgehead atoms. The normalized spacial score (nSPS) is 22.5. The summed E-state index contributed by atoms with van der Waals surface area (Å²) in [7, 11) is 0. The molecule has 2 rings (SSSR count). The number of aromatic nitrogens is 1. The van der Waals surface area contributed by atoms with Crippen LogP contribution in [0, 0.1) is 5.92 Å². The van der Waals surface area contributed by atoms with Gasteiger partial charge in [0.05, 0.1) is 5.02 Å². The molecule has 1 aromatic rings. The number of carboxylic acids is 1. The summed E-state index contributed by atoms with van der Waals surface area (Å²) in [5, 5.41) is 9.17. The zero-order valence-electron chi connectivity index (χ0n) is 9.94. The maximum absolute atomic E-state index is 13.3. The van der Waals surface area contributed by atoms with Crippen LogP contribution in [-0.4, -0.2) is 22.0 Å². The first-order chi connectivity index (χ1) is 8.89. The molecule has 1 atom stereocenters. The van der Waals surface area contributed by atoms with Crippen LogP contribution in [0.15, 0.2) is 24.5 Å². The number of hydrogen-bond acceptors (Lipinski definition) is 2. The Bertz CT molecular complexity index is 531. The summed E-state index contributed by atoms with van der Waals surface area (Å²) < 4.78 is 26.6. The van der Waals surface area contributed by atoms with Gasteiger partial charge in [0.2, 0.25) is 5.92 Å². The molecule has 0 aliphatic heterocycles. The molecular formula is C13H12ClF2NO2. The van der Waals surface area contributed by atoms with E-state index in [1.54, 1.807) is 6.07 Å². The molecular weight excluding hydrogens is 276 g/mol. The van der Waals surface area contributed by atoms with Gasteiger partial charge < -0.3 is 5.11 Å². The number of nitrogens with zero attached hydrogens (tertiary/aromatic N) is 1. The van der Waals surface area contributed by atoms with Crippen LogP contribution in [0.25, 0.3) is 5.57 Å². The second-order valence-electron chi connectivity index (χ2n) is 4.59. The Hall–Kier alpha value is -1.49. The lowest BCUT2D eigenvalue weighted by atomic mass is 9.91. The fourth-order valence-electron chi connectivity index (χ4n) is 2.37. The Balaban J connectivity index is 2.39. The minimum atomic E-state index is -2.73. The van der Waals surface area contributed by atoms with E-state index in [1.807, 2.05) is 0 Å². The van der Waals surface area contributed by atoms with Crippen LogP contribution in [0.2, 0.25) is 5.02 Å². The standard InChI is InChI=1S/C13H12ClF2NO2/c14-11-7-17-4-2-9(11)10(5-12(18)19)8-1-3-13(15,16)6-8/h2,4-5,7-8H,1,3,6H2,(H,18,19)/b10-5-. The lowest BCUT2D eigenvalue weighted by molar-refractivity contribution is -0.131. The predicted molar refractivity (Wildman–Crippen MR) is 67.1 cm³/mol. The van der Waals surface area contributed by atoms with Crippen molar-refractivity contribution < 1.29 is 18.7 Å². The maximum atomic E-state index is 13.3. The van der Waals surface area contributed by atoms with E-state index in [0.717, 1.165) is 6.08 Å². The first-order valence-electron chi connectivity index (χ1n) is 5.81. The fourth-order valence-corrected chi connectivity index (χ4v) is 2.60. The summed E-state index contributed by atoms with van der Waals surface area (Å²) >= 11 is 5.97. The molecule has 0 saturated heterocycles. The Morgan fingerprint density at radius 2 is 2.32 bits per heavy atom. The van der Waals surface area contributed by atoms with E-state index in [1.165, 1.54) is 12.4 Å². The number of allylic oxidation sites excluding steroid dienone is 1. The van der Waals surface area contributed by atoms with Crippen molar-refractivity contribution in [1.29, 1.82) is 0 Å². The van der Waals surface area contributed by atoms with Crippen LogP contribution in [-0.2, 0) is 4.79 Å². The Morgan fingerprint density at radius 3 is 2.84 bits per heavy atom. The first-order valence-corrected chi connectivity index (χ1v) is 6.19. The first kappa shape index (κ1) is 13.9. The van der Waals surface area contributed by atoms with Gasteiger partial charge in [-0.2, -0.15) is 0 Å². The quantitative estimate of drug-likeness (QED) is 0.864. The van der Waals surface area contributed by atoms with Gasteiger partial charge in [-0.15, -0.1) is 0 Å². The van der Waals surface area contributed by atoms with Gasteiger partial charge in [-0.05, 0) is 29.5 Å². The molecule has 1 fully saturated rings. The van der Waals surface area contributed by atoms with E-state index in [-0.39, 0.29) is 24.3 Å². The van der Waals surface area contributed by atoms with Gasteiger partial charge in [-0.1, -0.05) is 11.6 Å². The summed E-state index contributed by atoms with van der Waals surface area (Å²) in [4.78, 5) is 14.7. The highest BCUT2D eigenvalue weighted by atomic mass is 35.5. The number of rotatable bonds is 3. The summed E-state index contributed by atoms with van der Waals surface area (Å²) in [5.41, 5.74) is 0.804. The van der Waals surface area contributed by atoms with Crippen LogP contribution in [0.3, 0.4) is 0 Å². The van der Waals surface area contributed by atoms with Crippen LogP contribution >= 0.6 is 11.6 Å². The zero-order chi connectivity index (χ0) is 14.0. The summed E-state index contributed by atoms with van der Waals surface area (Å²) in [6.45, 7) is 0. The van der Waals surface area contributed by atoms with Crippen molar-refractivity contribution in [3.63, 3.8) is 0 Å². The number of pyridine rings is 1. The molecule has 6 heteroatoms. The van der Waals surface area contributed by atoms with Gasteiger partial charge in [0.25, 0.3) is 0 Å². The van der Waals surface area contributed by atoms with Crippen LogP contribution < -0.4 is 0 Å². The fraction of sp³-hybridized carbons (Fsp3) is 0.385. The smallest absolute Gasteiger partial charge is 0.328 e. The van der Waals surface area contributed by atoms with Gasteiger partial charge in [-0.25, -0.2) is 13.6 Å². The number of alkyl halides is 2. The third-order valence-electron chi connectivity index (χ3n) is 3.21. The van der Waals surface area contributed by atoms with E-state index in [9.17, 15) is 13.6 Å². The van der Waals surface area contributed by atoms with Crippen LogP contribution in [0.4, 0.5) is 8.78 Å². The molecule has 3 nitrogen and oxygen atoms in total. The van der Waals surface area contributed by atoms with Gasteiger partial charge in [0.1, 0.15) is 0 Å². The van der Waals surface area contributed by atoms with Crippen molar-refractivity contribution in [3.05, 3.63) is 35.1 Å². The average molecular weight is 288 g/mol. The number of carboxylic acid groups (broad SMARTS) is 1. The van der Waals surface area contributed by atoms with Gasteiger partial charge >= 0.3 is 5.97 Å². The molecule has 0 radical (unpaired) electrons. The van der Waals surface area contributed by atoms with E-state index in [2.05, 4.69) is 4.98 Å². The van der Waals surface area contributed by atoms with Crippen LogP contribution in [0.1, 0.15) is 24.8 Å². The van der Waals surface area contributed by atoms with Crippen molar-refractivity contribution in [3.8, 4) is 0 Å². The molecule has 0 spiro atoms. The minimum Gasteiger partial charge on any atom is -0.478 e. The largest absolute Gasteiger partial charge is 0.478 e. The van der Waals surface area contributed by atoms with Crippen molar-refractivity contribution in [2.75, 3.05) is 0 Å². The second-order valence-corrected chi connectivity index (χ2v) is 5.00. The summed E-state index contributed by atoms with van der Waals surface area (Å²) in [6.07, 6.45) is 3.49. The van der Waals surface area contributed by atoms with Crippen molar-refractivity contribution in [1.82, 2.24) is 4.98 Å². The molecule has 1 saturated carbocycles. The molecule has 1 unspecified atom stereocenters. The molecule has 1 N–H and O–H groups in total. The molecule has 0 aromatic carbocycles. The molecule has 1 aliphatic rings. The zero-order valence-corrected chi connectivity index (χ0v) is 10.7. The van der Waals surface area contributed by atoms with E-state index >= 15 is 0 Å². The van der Waals surface area contributed by atoms with Crippen LogP contribution in [0.5, 0.6) is 0 Å². The third-order valence-corrected chi connectivity index (χ3v) is 3.51. The maximum Gasteiger partial charge on any atom is 0.328 e. The highest BCUT2D eigenvalue weighted by Crippen LogP contribution is 2.45. The number of aliphatic carboxylic acids is 1. The number of hydrogen-bond donors (Lipinski definition) is 1. The molecule has 1 aliphatic carbocycles. The summed E-state index contributed by atoms with van der Waals surface area (Å²) in [5.74, 6) is -4.40. The summed E-state index contributed by atoms with van der Waals surface area (Å²) in [6, 6.07) is 1.55. The molecule has 19 heavy (non-hydrogen) atoms. The highest BCUT2D eigenvalue weighted by Gasteiger charge is 2.41. The Morgan fingerprint density at radius 1 is 1.58 bits per heavy atom. The third kappa shape index (κ3) is 3.29. The van der Waals surface area contributed by atoms with Gasteiger partial charge in [0, 0.05) is 31.3 Å². The van der Waals surface area contributed by atoms with E-state index < -0.39 is 17.8 Å². The van der Waals surface area contributed by atoms with E-state index in [4.69, 9.17) is 16.7 Å². The molecule has 0 amide bonds. The SMILES string of the molecule is O=C(O)/C=C(\c1ccncc1Cl)C1CCC(F)(F)C1. The van der Waals surface area contributed by atoms with Crippen molar-refractivity contribution in [2.45, 2.75) is 25.2 Å². The lowest BCUT2D eigenvalue weighted by Gasteiger charge is -2.16. The predicted octanol–water partition coefficient (Wildman–Crippen LogP) is 3.64. The Kier molecular flexibility index (Phi) is 3.85. The van der Waals surface area contributed by atoms with E-state index in [0.29, 0.717) is 11.1 Å². The second kappa shape index (κ2) is 5.25. The highest BCUT2D eigenvalue weighted by molar-refractivity contribution is 6.32. The molecule has 1 aromatic heterocycles. The van der Waals surface area contributed by atoms with Crippen molar-refractivity contribution >= 4 is 23.1 Å². The number of carbonyl (C=O) groups is 1. The lowest BCUT2D eigenvalue weighted by Crippen LogP contribution is -2.11. The number of halogens is 3. The minimum absolute atomic E-state index is 0.225. The molecule has 102 valence electrons. The van der Waals surface area contributed by atoms with Gasteiger partial charge in [-0.3, -0.25) is 4.98 Å².